The van der Waals surface area contributed by atoms with Gasteiger partial charge >= 0.3 is 6.09 Å². The van der Waals surface area contributed by atoms with Gasteiger partial charge in [0.25, 0.3) is 0 Å². The molecule has 1 atom stereocenters. The van der Waals surface area contributed by atoms with Crippen molar-refractivity contribution in [3.8, 4) is 22.6 Å². The minimum Gasteiger partial charge on any atom is -0.445 e. The number of anilines is 2. The largest absolute Gasteiger partial charge is 0.445 e. The Morgan fingerprint density at radius 3 is 2.74 bits per heavy atom. The van der Waals surface area contributed by atoms with Crippen molar-refractivity contribution in [1.82, 2.24) is 19.9 Å². The molecule has 0 aliphatic heterocycles. The number of primary amides is 1. The molecule has 1 unspecified atom stereocenters. The fraction of sp³-hybridized carbons (Fsp3) is 0.417. The van der Waals surface area contributed by atoms with E-state index in [1.54, 1.807) is 13.0 Å². The van der Waals surface area contributed by atoms with E-state index in [0.717, 1.165) is 25.7 Å². The number of rotatable bonds is 11. The standard InChI is InChI=1S/C24H27ClFN7O4S/c1-12(37-23(27)34)10-29-24-28-7-6-17(30-24)21-20(31-22(32-21)14-4-5-14)16-8-15(25)9-18(19(16)26)33-38(35,36)11-13-2-3-13/h6-9,12-14,33H,2-5,10-11H2,1H3,(H2,27,34)(H,31,32)(H,28,29,30). The molecule has 38 heavy (non-hydrogen) atoms. The summed E-state index contributed by atoms with van der Waals surface area (Å²) in [5.41, 5.74) is 5.97. The van der Waals surface area contributed by atoms with Gasteiger partial charge in [-0.3, -0.25) is 4.72 Å². The Kier molecular flexibility index (Phi) is 7.14. The van der Waals surface area contributed by atoms with Gasteiger partial charge in [0.05, 0.1) is 29.4 Å². The van der Waals surface area contributed by atoms with Crippen LogP contribution in [0.4, 0.5) is 20.8 Å². The summed E-state index contributed by atoms with van der Waals surface area (Å²) in [4.78, 5) is 27.6. The van der Waals surface area contributed by atoms with Crippen molar-refractivity contribution in [2.24, 2.45) is 11.7 Å². The SMILES string of the molecule is CC(CNc1nccc(-c2[nH]c(C3CC3)nc2-c2cc(Cl)cc(NS(=O)(=O)CC3CC3)c2F)n1)OC(N)=O. The van der Waals surface area contributed by atoms with Crippen molar-refractivity contribution in [1.29, 1.82) is 0 Å². The number of nitrogens with two attached hydrogens (primary N) is 1. The third-order valence-corrected chi connectivity index (χ3v) is 7.83. The monoisotopic (exact) mass is 563 g/mol. The van der Waals surface area contributed by atoms with E-state index in [1.807, 2.05) is 0 Å². The Morgan fingerprint density at radius 2 is 2.05 bits per heavy atom. The number of nitrogens with one attached hydrogen (secondary N) is 3. The average molecular weight is 564 g/mol. The number of imidazole rings is 1. The van der Waals surface area contributed by atoms with Crippen LogP contribution in [0.2, 0.25) is 5.02 Å². The zero-order chi connectivity index (χ0) is 27.0. The van der Waals surface area contributed by atoms with E-state index in [9.17, 15) is 13.2 Å². The second-order valence-corrected chi connectivity index (χ2v) is 11.9. The molecule has 1 amide bonds. The highest BCUT2D eigenvalue weighted by atomic mass is 35.5. The summed E-state index contributed by atoms with van der Waals surface area (Å²) in [7, 11) is -3.74. The van der Waals surface area contributed by atoms with Crippen LogP contribution in [0.1, 0.15) is 44.3 Å². The molecule has 2 aliphatic carbocycles. The van der Waals surface area contributed by atoms with Gasteiger partial charge in [-0.15, -0.1) is 0 Å². The molecule has 202 valence electrons. The minimum atomic E-state index is -3.74. The van der Waals surface area contributed by atoms with Gasteiger partial charge < -0.3 is 20.8 Å². The summed E-state index contributed by atoms with van der Waals surface area (Å²) < 4.78 is 48.2. The maximum absolute atomic E-state index is 15.8. The molecule has 2 aromatic heterocycles. The number of amides is 1. The van der Waals surface area contributed by atoms with E-state index >= 15 is 4.39 Å². The summed E-state index contributed by atoms with van der Waals surface area (Å²) in [5.74, 6) is 0.395. The number of sulfonamides is 1. The van der Waals surface area contributed by atoms with Crippen molar-refractivity contribution in [3.05, 3.63) is 41.1 Å². The van der Waals surface area contributed by atoms with E-state index in [2.05, 4.69) is 30.0 Å². The van der Waals surface area contributed by atoms with Crippen LogP contribution in [0.5, 0.6) is 0 Å². The van der Waals surface area contributed by atoms with Crippen molar-refractivity contribution >= 4 is 39.4 Å². The number of hydrogen-bond donors (Lipinski definition) is 4. The predicted octanol–water partition coefficient (Wildman–Crippen LogP) is 4.25. The number of halogens is 2. The van der Waals surface area contributed by atoms with Gasteiger partial charge in [0.15, 0.2) is 5.82 Å². The molecule has 2 aliphatic rings. The minimum absolute atomic E-state index is 0.0383. The first-order valence-corrected chi connectivity index (χ1v) is 14.2. The van der Waals surface area contributed by atoms with Gasteiger partial charge in [-0.1, -0.05) is 11.6 Å². The lowest BCUT2D eigenvalue weighted by Gasteiger charge is -2.13. The number of aromatic nitrogens is 4. The van der Waals surface area contributed by atoms with Crippen LogP contribution in [-0.2, 0) is 14.8 Å². The van der Waals surface area contributed by atoms with Crippen molar-refractivity contribution < 1.29 is 22.3 Å². The fourth-order valence-corrected chi connectivity index (χ4v) is 5.76. The molecule has 3 aromatic rings. The third-order valence-electron chi connectivity index (χ3n) is 6.17. The first-order chi connectivity index (χ1) is 18.1. The van der Waals surface area contributed by atoms with Crippen molar-refractivity contribution in [2.75, 3.05) is 22.3 Å². The highest BCUT2D eigenvalue weighted by Crippen LogP contribution is 2.43. The fourth-order valence-electron chi connectivity index (χ4n) is 4.02. The number of benzene rings is 1. The number of carbonyl (C=O) groups is 1. The Hall–Kier alpha value is -3.45. The van der Waals surface area contributed by atoms with E-state index in [1.165, 1.54) is 18.3 Å². The summed E-state index contributed by atoms with van der Waals surface area (Å²) in [6.45, 7) is 1.87. The summed E-state index contributed by atoms with van der Waals surface area (Å²) in [6, 6.07) is 4.31. The second-order valence-electron chi connectivity index (χ2n) is 9.66. The van der Waals surface area contributed by atoms with Crippen molar-refractivity contribution in [3.63, 3.8) is 0 Å². The van der Waals surface area contributed by atoms with Gasteiger partial charge in [-0.05, 0) is 56.7 Å². The van der Waals surface area contributed by atoms with Crippen molar-refractivity contribution in [2.45, 2.75) is 44.6 Å². The molecule has 0 saturated heterocycles. The highest BCUT2D eigenvalue weighted by molar-refractivity contribution is 7.92. The molecule has 0 bridgehead atoms. The van der Waals surface area contributed by atoms with E-state index in [4.69, 9.17) is 22.1 Å². The molecule has 5 N–H and O–H groups in total. The molecule has 2 saturated carbocycles. The molecule has 14 heteroatoms. The molecule has 5 rings (SSSR count). The van der Waals surface area contributed by atoms with Crippen LogP contribution in [0, 0.1) is 11.7 Å². The normalized spacial score (nSPS) is 16.2. The van der Waals surface area contributed by atoms with Crippen LogP contribution in [-0.4, -0.2) is 52.8 Å². The number of aromatic amines is 1. The average Bonchev–Trinajstić information content (AvgIpc) is 3.79. The number of hydrogen-bond acceptors (Lipinski definition) is 8. The topological polar surface area (TPSA) is 165 Å². The zero-order valence-corrected chi connectivity index (χ0v) is 22.1. The number of nitrogens with zero attached hydrogens (tertiary/aromatic N) is 3. The quantitative estimate of drug-likeness (QED) is 0.269. The molecule has 0 spiro atoms. The summed E-state index contributed by atoms with van der Waals surface area (Å²) >= 11 is 6.31. The van der Waals surface area contributed by atoms with Crippen LogP contribution in [0.3, 0.4) is 0 Å². The second kappa shape index (κ2) is 10.4. The summed E-state index contributed by atoms with van der Waals surface area (Å²) in [5, 5.41) is 3.13. The van der Waals surface area contributed by atoms with E-state index < -0.39 is 28.0 Å². The van der Waals surface area contributed by atoms with Gasteiger partial charge in [-0.25, -0.2) is 32.6 Å². The smallest absolute Gasteiger partial charge is 0.404 e. The first-order valence-electron chi connectivity index (χ1n) is 12.2. The number of H-pyrrole nitrogens is 1. The summed E-state index contributed by atoms with van der Waals surface area (Å²) in [6.07, 6.45) is 3.70. The lowest BCUT2D eigenvalue weighted by atomic mass is 10.1. The van der Waals surface area contributed by atoms with Gasteiger partial charge in [0, 0.05) is 22.7 Å². The number of ether oxygens (including phenoxy) is 1. The predicted molar refractivity (Wildman–Crippen MR) is 141 cm³/mol. The maximum atomic E-state index is 15.8. The van der Waals surface area contributed by atoms with E-state index in [-0.39, 0.29) is 52.0 Å². The maximum Gasteiger partial charge on any atom is 0.404 e. The molecule has 1 aromatic carbocycles. The van der Waals surface area contributed by atoms with Gasteiger partial charge in [0.1, 0.15) is 17.6 Å². The van der Waals surface area contributed by atoms with Crippen LogP contribution >= 0.6 is 11.6 Å². The Labute approximate surface area is 223 Å². The van der Waals surface area contributed by atoms with Gasteiger partial charge in [0.2, 0.25) is 16.0 Å². The van der Waals surface area contributed by atoms with Crippen LogP contribution in [0.15, 0.2) is 24.4 Å². The molecule has 11 nitrogen and oxygen atoms in total. The highest BCUT2D eigenvalue weighted by Gasteiger charge is 2.31. The van der Waals surface area contributed by atoms with Crippen LogP contribution < -0.4 is 15.8 Å². The van der Waals surface area contributed by atoms with Gasteiger partial charge in [-0.2, -0.15) is 0 Å². The molecular formula is C24H27ClFN7O4S. The Balaban J connectivity index is 1.49. The molecular weight excluding hydrogens is 537 g/mol. The lowest BCUT2D eigenvalue weighted by molar-refractivity contribution is 0.122. The van der Waals surface area contributed by atoms with E-state index in [0.29, 0.717) is 17.2 Å². The first kappa shape index (κ1) is 26.2. The Bertz CT molecular complexity index is 1470. The molecule has 2 heterocycles. The third kappa shape index (κ3) is 6.33. The molecule has 0 radical (unpaired) electrons. The number of carbonyl (C=O) groups excluding carboxylic acids is 1. The zero-order valence-electron chi connectivity index (χ0n) is 20.5. The lowest BCUT2D eigenvalue weighted by Crippen LogP contribution is -2.26. The molecule has 2 fully saturated rings. The van der Waals surface area contributed by atoms with Crippen LogP contribution in [0.25, 0.3) is 22.6 Å². The Morgan fingerprint density at radius 1 is 1.29 bits per heavy atom.